The first kappa shape index (κ1) is 23.0. The largest absolute Gasteiger partial charge is 0.494 e. The van der Waals surface area contributed by atoms with Crippen molar-refractivity contribution < 1.29 is 14.3 Å². The lowest BCUT2D eigenvalue weighted by Gasteiger charge is -2.35. The second-order valence-corrected chi connectivity index (χ2v) is 8.78. The van der Waals surface area contributed by atoms with Gasteiger partial charge in [-0.3, -0.25) is 9.58 Å². The summed E-state index contributed by atoms with van der Waals surface area (Å²) in [5, 5.41) is 5.87. The molecule has 2 aromatic carbocycles. The van der Waals surface area contributed by atoms with Crippen LogP contribution in [0.2, 0.25) is 5.02 Å². The second-order valence-electron chi connectivity index (χ2n) is 8.35. The second kappa shape index (κ2) is 10.2. The van der Waals surface area contributed by atoms with Gasteiger partial charge in [0, 0.05) is 41.1 Å². The van der Waals surface area contributed by atoms with Crippen molar-refractivity contribution in [2.45, 2.75) is 25.4 Å². The lowest BCUT2D eigenvalue weighted by molar-refractivity contribution is 0.0979. The van der Waals surface area contributed by atoms with E-state index in [1.54, 1.807) is 22.0 Å². The summed E-state index contributed by atoms with van der Waals surface area (Å²) in [5.41, 5.74) is 4.12. The number of nitrogens with zero attached hydrogens (tertiary/aromatic N) is 4. The van der Waals surface area contributed by atoms with Crippen LogP contribution >= 0.6 is 11.6 Å². The lowest BCUT2D eigenvalue weighted by atomic mass is 9.92. The van der Waals surface area contributed by atoms with Crippen molar-refractivity contribution in [1.29, 1.82) is 0 Å². The fourth-order valence-corrected chi connectivity index (χ4v) is 4.70. The molecule has 1 aliphatic heterocycles. The number of halogens is 1. The molecule has 2 aromatic heterocycles. The van der Waals surface area contributed by atoms with Crippen molar-refractivity contribution in [2.75, 3.05) is 19.8 Å². The number of carbonyl (C=O) groups is 1. The molecule has 1 atom stereocenters. The Morgan fingerprint density at radius 3 is 2.89 bits per heavy atom. The number of hydrogen-bond acceptors (Lipinski definition) is 5. The summed E-state index contributed by atoms with van der Waals surface area (Å²) in [6, 6.07) is 13.4. The number of benzene rings is 2. The maximum atomic E-state index is 12.9. The number of rotatable bonds is 8. The molecule has 1 aliphatic rings. The Morgan fingerprint density at radius 2 is 2.11 bits per heavy atom. The molecule has 0 radical (unpaired) electrons. The van der Waals surface area contributed by atoms with Crippen LogP contribution in [0.15, 0.2) is 67.8 Å². The standard InChI is InChI=1S/C26H26ClN5O3/c1-2-13-35-26(33)32-12-10-21-22-15-19(27)6-9-23(22)30-24(21)25(32)18-4-7-20(8-5-18)34-14-3-11-31-17-28-16-29-31/h2,4-9,15-17,25,30H,1,3,10-14H2. The van der Waals surface area contributed by atoms with E-state index in [0.717, 1.165) is 40.9 Å². The average Bonchev–Trinajstić information content (AvgIpc) is 3.52. The molecule has 0 aliphatic carbocycles. The first-order chi connectivity index (χ1) is 17.1. The third kappa shape index (κ3) is 4.88. The molecule has 1 amide bonds. The highest BCUT2D eigenvalue weighted by Gasteiger charge is 2.35. The summed E-state index contributed by atoms with van der Waals surface area (Å²) in [5.74, 6) is 0.771. The fourth-order valence-electron chi connectivity index (χ4n) is 4.53. The van der Waals surface area contributed by atoms with Gasteiger partial charge in [0.05, 0.1) is 6.61 Å². The fraction of sp³-hybridized carbons (Fsp3) is 0.269. The van der Waals surface area contributed by atoms with Gasteiger partial charge in [-0.1, -0.05) is 36.4 Å². The summed E-state index contributed by atoms with van der Waals surface area (Å²) in [4.78, 5) is 22.2. The zero-order chi connectivity index (χ0) is 24.2. The molecule has 3 heterocycles. The van der Waals surface area contributed by atoms with Gasteiger partial charge in [-0.2, -0.15) is 5.10 Å². The van der Waals surface area contributed by atoms with Gasteiger partial charge >= 0.3 is 6.09 Å². The number of aromatic amines is 1. The van der Waals surface area contributed by atoms with Crippen LogP contribution in [0, 0.1) is 0 Å². The Bertz CT molecular complexity index is 1320. The zero-order valence-electron chi connectivity index (χ0n) is 19.2. The molecule has 35 heavy (non-hydrogen) atoms. The van der Waals surface area contributed by atoms with Gasteiger partial charge < -0.3 is 14.5 Å². The molecule has 180 valence electrons. The van der Waals surface area contributed by atoms with Crippen LogP contribution in [-0.2, 0) is 17.7 Å². The topological polar surface area (TPSA) is 85.3 Å². The highest BCUT2D eigenvalue weighted by atomic mass is 35.5. The van der Waals surface area contributed by atoms with Crippen LogP contribution in [0.4, 0.5) is 4.79 Å². The lowest BCUT2D eigenvalue weighted by Crippen LogP contribution is -2.41. The predicted molar refractivity (Wildman–Crippen MR) is 134 cm³/mol. The molecule has 0 saturated carbocycles. The van der Waals surface area contributed by atoms with E-state index in [1.165, 1.54) is 11.9 Å². The Labute approximate surface area is 208 Å². The van der Waals surface area contributed by atoms with Crippen molar-refractivity contribution in [1.82, 2.24) is 24.6 Å². The first-order valence-corrected chi connectivity index (χ1v) is 11.9. The molecule has 9 heteroatoms. The minimum absolute atomic E-state index is 0.165. The molecular formula is C26H26ClN5O3. The number of ether oxygens (including phenoxy) is 2. The number of nitrogens with one attached hydrogen (secondary N) is 1. The van der Waals surface area contributed by atoms with Gasteiger partial charge in [-0.25, -0.2) is 9.78 Å². The summed E-state index contributed by atoms with van der Waals surface area (Å²) in [7, 11) is 0. The Hall–Kier alpha value is -3.78. The van der Waals surface area contributed by atoms with Crippen molar-refractivity contribution in [3.05, 3.63) is 89.6 Å². The molecule has 1 N–H and O–H groups in total. The number of hydrogen-bond donors (Lipinski definition) is 1. The molecule has 5 rings (SSSR count). The van der Waals surface area contributed by atoms with E-state index in [1.807, 2.05) is 42.5 Å². The highest BCUT2D eigenvalue weighted by Crippen LogP contribution is 2.39. The zero-order valence-corrected chi connectivity index (χ0v) is 19.9. The molecule has 0 spiro atoms. The number of aryl methyl sites for hydroxylation is 1. The summed E-state index contributed by atoms with van der Waals surface area (Å²) < 4.78 is 13.1. The molecule has 0 bridgehead atoms. The number of carbonyl (C=O) groups excluding carboxylic acids is 1. The van der Waals surface area contributed by atoms with Gasteiger partial charge in [0.15, 0.2) is 0 Å². The van der Waals surface area contributed by atoms with Crippen molar-refractivity contribution in [3.63, 3.8) is 0 Å². The van der Waals surface area contributed by atoms with E-state index in [4.69, 9.17) is 21.1 Å². The summed E-state index contributed by atoms with van der Waals surface area (Å²) in [6.07, 6.45) is 5.94. The van der Waals surface area contributed by atoms with E-state index in [9.17, 15) is 4.79 Å². The maximum absolute atomic E-state index is 12.9. The third-order valence-corrected chi connectivity index (χ3v) is 6.35. The monoisotopic (exact) mass is 491 g/mol. The average molecular weight is 492 g/mol. The quantitative estimate of drug-likeness (QED) is 0.272. The Morgan fingerprint density at radius 1 is 1.26 bits per heavy atom. The van der Waals surface area contributed by atoms with Crippen LogP contribution in [0.1, 0.15) is 29.3 Å². The van der Waals surface area contributed by atoms with Crippen LogP contribution in [0.5, 0.6) is 5.75 Å². The molecule has 0 fully saturated rings. The molecular weight excluding hydrogens is 466 g/mol. The van der Waals surface area contributed by atoms with Gasteiger partial charge in [0.2, 0.25) is 0 Å². The number of amides is 1. The summed E-state index contributed by atoms with van der Waals surface area (Å²) in [6.45, 7) is 5.66. The number of H-pyrrole nitrogens is 1. The van der Waals surface area contributed by atoms with Crippen molar-refractivity contribution in [3.8, 4) is 5.75 Å². The molecule has 8 nitrogen and oxygen atoms in total. The van der Waals surface area contributed by atoms with E-state index < -0.39 is 0 Å². The smallest absolute Gasteiger partial charge is 0.410 e. The first-order valence-electron chi connectivity index (χ1n) is 11.5. The Kier molecular flexibility index (Phi) is 6.72. The van der Waals surface area contributed by atoms with E-state index in [2.05, 4.69) is 21.6 Å². The van der Waals surface area contributed by atoms with Gasteiger partial charge in [-0.05, 0) is 47.9 Å². The van der Waals surface area contributed by atoms with Crippen LogP contribution in [0.3, 0.4) is 0 Å². The molecule has 0 saturated heterocycles. The van der Waals surface area contributed by atoms with Gasteiger partial charge in [0.25, 0.3) is 0 Å². The highest BCUT2D eigenvalue weighted by molar-refractivity contribution is 6.31. The maximum Gasteiger partial charge on any atom is 0.410 e. The minimum atomic E-state index is -0.370. The predicted octanol–water partition coefficient (Wildman–Crippen LogP) is 5.15. The molecule has 4 aromatic rings. The van der Waals surface area contributed by atoms with E-state index >= 15 is 0 Å². The normalized spacial score (nSPS) is 15.1. The Balaban J connectivity index is 1.39. The van der Waals surface area contributed by atoms with Gasteiger partial charge in [-0.15, -0.1) is 0 Å². The van der Waals surface area contributed by atoms with Crippen molar-refractivity contribution >= 4 is 28.6 Å². The summed E-state index contributed by atoms with van der Waals surface area (Å²) >= 11 is 6.28. The SMILES string of the molecule is C=CCOC(=O)N1CCc2c([nH]c3ccc(Cl)cc23)C1c1ccc(OCCCn2cncn2)cc1. The molecule has 1 unspecified atom stereocenters. The van der Waals surface area contributed by atoms with E-state index in [0.29, 0.717) is 24.6 Å². The number of fused-ring (bicyclic) bond motifs is 3. The van der Waals surface area contributed by atoms with Crippen LogP contribution in [-0.4, -0.2) is 50.5 Å². The third-order valence-electron chi connectivity index (χ3n) is 6.11. The number of aromatic nitrogens is 4. The van der Waals surface area contributed by atoms with Crippen LogP contribution < -0.4 is 4.74 Å². The van der Waals surface area contributed by atoms with Crippen LogP contribution in [0.25, 0.3) is 10.9 Å². The van der Waals surface area contributed by atoms with Gasteiger partial charge in [0.1, 0.15) is 31.1 Å². The van der Waals surface area contributed by atoms with E-state index in [-0.39, 0.29) is 18.7 Å². The van der Waals surface area contributed by atoms with Crippen molar-refractivity contribution in [2.24, 2.45) is 0 Å². The minimum Gasteiger partial charge on any atom is -0.494 e.